The van der Waals surface area contributed by atoms with E-state index in [-0.39, 0.29) is 16.6 Å². The second kappa shape index (κ2) is 6.23. The van der Waals surface area contributed by atoms with Gasteiger partial charge >= 0.3 is 0 Å². The van der Waals surface area contributed by atoms with Gasteiger partial charge in [0, 0.05) is 12.1 Å². The van der Waals surface area contributed by atoms with Crippen molar-refractivity contribution >= 4 is 21.4 Å². The monoisotopic (exact) mass is 311 g/mol. The summed E-state index contributed by atoms with van der Waals surface area (Å²) in [4.78, 5) is 10.5. The van der Waals surface area contributed by atoms with Crippen molar-refractivity contribution in [1.29, 1.82) is 0 Å². The van der Waals surface area contributed by atoms with Gasteiger partial charge in [0.05, 0.1) is 9.82 Å². The number of hydrogen-bond donors (Lipinski definition) is 2. The molecule has 0 bridgehead atoms. The van der Waals surface area contributed by atoms with Gasteiger partial charge in [-0.2, -0.15) is 0 Å². The Balaban J connectivity index is 2.33. The Hall–Kier alpha value is -1.93. The van der Waals surface area contributed by atoms with Crippen molar-refractivity contribution in [3.63, 3.8) is 0 Å². The first-order valence-corrected chi connectivity index (χ1v) is 8.06. The number of nitrogens with one attached hydrogen (secondary N) is 2. The van der Waals surface area contributed by atoms with E-state index in [2.05, 4.69) is 16.1 Å². The van der Waals surface area contributed by atoms with Crippen LogP contribution in [0.5, 0.6) is 0 Å². The molecule has 7 nitrogen and oxygen atoms in total. The molecular formula is C13H17N3O4S. The molecule has 0 aromatic heterocycles. The molecular weight excluding hydrogens is 294 g/mol. The van der Waals surface area contributed by atoms with Gasteiger partial charge in [-0.3, -0.25) is 10.1 Å². The molecule has 1 aliphatic rings. The lowest BCUT2D eigenvalue weighted by atomic mass is 10.0. The van der Waals surface area contributed by atoms with Crippen molar-refractivity contribution in [3.05, 3.63) is 40.5 Å². The minimum Gasteiger partial charge on any atom is -0.376 e. The summed E-state index contributed by atoms with van der Waals surface area (Å²) in [5.41, 5.74) is 0.108. The van der Waals surface area contributed by atoms with Crippen LogP contribution in [-0.4, -0.2) is 26.4 Å². The Morgan fingerprint density at radius 1 is 1.33 bits per heavy atom. The zero-order valence-electron chi connectivity index (χ0n) is 11.6. The molecule has 0 aliphatic heterocycles. The van der Waals surface area contributed by atoms with E-state index >= 15 is 0 Å². The Kier molecular flexibility index (Phi) is 4.59. The van der Waals surface area contributed by atoms with Crippen molar-refractivity contribution in [2.45, 2.75) is 30.2 Å². The molecule has 0 heterocycles. The van der Waals surface area contributed by atoms with Crippen molar-refractivity contribution in [2.75, 3.05) is 12.4 Å². The number of anilines is 1. The number of sulfonamides is 1. The predicted molar refractivity (Wildman–Crippen MR) is 79.7 cm³/mol. The number of allylic oxidation sites excluding steroid dienone is 1. The zero-order valence-corrected chi connectivity index (χ0v) is 12.4. The zero-order chi connectivity index (χ0) is 15.5. The van der Waals surface area contributed by atoms with E-state index in [1.54, 1.807) is 0 Å². The van der Waals surface area contributed by atoms with E-state index in [1.807, 2.05) is 6.08 Å². The van der Waals surface area contributed by atoms with Crippen molar-refractivity contribution in [2.24, 2.45) is 0 Å². The highest BCUT2D eigenvalue weighted by Crippen LogP contribution is 2.29. The van der Waals surface area contributed by atoms with E-state index in [4.69, 9.17) is 0 Å². The fourth-order valence-electron chi connectivity index (χ4n) is 2.21. The smallest absolute Gasteiger partial charge is 0.293 e. The lowest BCUT2D eigenvalue weighted by molar-refractivity contribution is -0.384. The van der Waals surface area contributed by atoms with Gasteiger partial charge in [-0.15, -0.1) is 0 Å². The number of nitro benzene ring substituents is 1. The van der Waals surface area contributed by atoms with Crippen LogP contribution in [0.4, 0.5) is 11.4 Å². The summed E-state index contributed by atoms with van der Waals surface area (Å²) in [6.45, 7) is 0. The molecule has 0 spiro atoms. The summed E-state index contributed by atoms with van der Waals surface area (Å²) in [6.07, 6.45) is 6.73. The largest absolute Gasteiger partial charge is 0.376 e. The fourth-order valence-corrected chi connectivity index (χ4v) is 2.96. The maximum absolute atomic E-state index is 11.7. The molecule has 8 heteroatoms. The number of rotatable bonds is 5. The van der Waals surface area contributed by atoms with Gasteiger partial charge in [-0.05, 0) is 38.4 Å². The topological polar surface area (TPSA) is 101 Å². The first-order chi connectivity index (χ1) is 9.94. The molecule has 1 aromatic carbocycles. The van der Waals surface area contributed by atoms with Crippen LogP contribution in [0, 0.1) is 10.1 Å². The Morgan fingerprint density at radius 2 is 2.10 bits per heavy atom. The van der Waals surface area contributed by atoms with E-state index in [0.717, 1.165) is 25.3 Å². The molecule has 1 aliphatic carbocycles. The van der Waals surface area contributed by atoms with E-state index < -0.39 is 14.9 Å². The van der Waals surface area contributed by atoms with Gasteiger partial charge in [0.1, 0.15) is 5.69 Å². The highest BCUT2D eigenvalue weighted by atomic mass is 32.2. The molecule has 0 amide bonds. The molecule has 0 saturated heterocycles. The fraction of sp³-hybridized carbons (Fsp3) is 0.385. The van der Waals surface area contributed by atoms with Gasteiger partial charge in [0.15, 0.2) is 0 Å². The molecule has 2 N–H and O–H groups in total. The molecule has 0 radical (unpaired) electrons. The quantitative estimate of drug-likeness (QED) is 0.492. The molecule has 21 heavy (non-hydrogen) atoms. The van der Waals surface area contributed by atoms with Crippen LogP contribution in [0.3, 0.4) is 0 Å². The average molecular weight is 311 g/mol. The third-order valence-corrected chi connectivity index (χ3v) is 4.79. The number of hydrogen-bond acceptors (Lipinski definition) is 5. The van der Waals surface area contributed by atoms with Gasteiger partial charge in [0.2, 0.25) is 10.0 Å². The van der Waals surface area contributed by atoms with Crippen LogP contribution in [0.1, 0.15) is 19.3 Å². The van der Waals surface area contributed by atoms with Crippen molar-refractivity contribution in [3.8, 4) is 0 Å². The summed E-state index contributed by atoms with van der Waals surface area (Å²) in [5.74, 6) is 0. The molecule has 114 valence electrons. The standard InChI is InChI=1S/C13H17N3O4S/c1-14-21(19,20)11-7-8-12(13(9-11)16(17)18)15-10-5-3-2-4-6-10/h2-3,7-10,14-15H,4-6H2,1H3. The maximum Gasteiger partial charge on any atom is 0.293 e. The van der Waals surface area contributed by atoms with E-state index in [0.29, 0.717) is 5.69 Å². The third kappa shape index (κ3) is 3.59. The molecule has 1 aromatic rings. The number of benzene rings is 1. The predicted octanol–water partition coefficient (Wildman–Crippen LogP) is 2.02. The van der Waals surface area contributed by atoms with Gasteiger partial charge < -0.3 is 5.32 Å². The van der Waals surface area contributed by atoms with E-state index in [9.17, 15) is 18.5 Å². The van der Waals surface area contributed by atoms with E-state index in [1.165, 1.54) is 19.2 Å². The highest BCUT2D eigenvalue weighted by Gasteiger charge is 2.22. The second-order valence-corrected chi connectivity index (χ2v) is 6.66. The minimum absolute atomic E-state index is 0.120. The Bertz CT molecular complexity index is 670. The molecule has 1 unspecified atom stereocenters. The lowest BCUT2D eigenvalue weighted by Crippen LogP contribution is -2.22. The summed E-state index contributed by atoms with van der Waals surface area (Å²) < 4.78 is 25.6. The van der Waals surface area contributed by atoms with Gasteiger partial charge in [-0.25, -0.2) is 13.1 Å². The number of nitro groups is 1. The average Bonchev–Trinajstić information content (AvgIpc) is 2.48. The van der Waals surface area contributed by atoms with Crippen LogP contribution in [0.15, 0.2) is 35.2 Å². The molecule has 0 saturated carbocycles. The minimum atomic E-state index is -3.70. The third-order valence-electron chi connectivity index (χ3n) is 3.37. The Labute approximate surface area is 123 Å². The Morgan fingerprint density at radius 3 is 2.67 bits per heavy atom. The van der Waals surface area contributed by atoms with Gasteiger partial charge in [-0.1, -0.05) is 12.2 Å². The molecule has 1 atom stereocenters. The second-order valence-electron chi connectivity index (χ2n) is 4.77. The lowest BCUT2D eigenvalue weighted by Gasteiger charge is -2.20. The summed E-state index contributed by atoms with van der Waals surface area (Å²) in [7, 11) is -2.43. The molecule has 2 rings (SSSR count). The molecule has 0 fully saturated rings. The van der Waals surface area contributed by atoms with Crippen molar-refractivity contribution < 1.29 is 13.3 Å². The van der Waals surface area contributed by atoms with Crippen molar-refractivity contribution in [1.82, 2.24) is 4.72 Å². The van der Waals surface area contributed by atoms with Crippen LogP contribution in [0.25, 0.3) is 0 Å². The van der Waals surface area contributed by atoms with Crippen LogP contribution in [0.2, 0.25) is 0 Å². The first kappa shape index (κ1) is 15.5. The summed E-state index contributed by atoms with van der Waals surface area (Å²) in [6, 6.07) is 4.01. The maximum atomic E-state index is 11.7. The summed E-state index contributed by atoms with van der Waals surface area (Å²) >= 11 is 0. The normalized spacial score (nSPS) is 18.4. The van der Waals surface area contributed by atoms with Crippen LogP contribution >= 0.6 is 0 Å². The van der Waals surface area contributed by atoms with Crippen LogP contribution < -0.4 is 10.0 Å². The highest BCUT2D eigenvalue weighted by molar-refractivity contribution is 7.89. The van der Waals surface area contributed by atoms with Gasteiger partial charge in [0.25, 0.3) is 5.69 Å². The SMILES string of the molecule is CNS(=O)(=O)c1ccc(NC2CC=CCC2)c([N+](=O)[O-])c1. The number of nitrogens with zero attached hydrogens (tertiary/aromatic N) is 1. The summed E-state index contributed by atoms with van der Waals surface area (Å²) in [5, 5.41) is 14.3. The first-order valence-electron chi connectivity index (χ1n) is 6.57. The van der Waals surface area contributed by atoms with Crippen LogP contribution in [-0.2, 0) is 10.0 Å².